The lowest BCUT2D eigenvalue weighted by Gasteiger charge is -2.38. The monoisotopic (exact) mass is 313 g/mol. The molecule has 0 bridgehead atoms. The fraction of sp³-hybridized carbons (Fsp3) is 0.182. The van der Waals surface area contributed by atoms with Crippen molar-refractivity contribution in [2.75, 3.05) is 5.32 Å². The first-order valence-corrected chi connectivity index (χ1v) is 8.55. The molecule has 2 N–H and O–H groups in total. The van der Waals surface area contributed by atoms with Gasteiger partial charge in [0.15, 0.2) is 0 Å². The van der Waals surface area contributed by atoms with Crippen LogP contribution in [0.2, 0.25) is 0 Å². The van der Waals surface area contributed by atoms with Gasteiger partial charge in [-0.25, -0.2) is 0 Å². The van der Waals surface area contributed by atoms with Crippen LogP contribution in [0.1, 0.15) is 29.5 Å². The Morgan fingerprint density at radius 2 is 1.75 bits per heavy atom. The number of aromatic hydroxyl groups is 1. The van der Waals surface area contributed by atoms with Crippen molar-refractivity contribution >= 4 is 16.5 Å². The molecule has 0 saturated heterocycles. The Morgan fingerprint density at radius 3 is 2.62 bits per heavy atom. The molecule has 2 aliphatic rings. The normalized spacial score (nSPS) is 24.4. The van der Waals surface area contributed by atoms with Crippen molar-refractivity contribution < 1.29 is 5.11 Å². The van der Waals surface area contributed by atoms with Crippen LogP contribution in [0.25, 0.3) is 10.8 Å². The summed E-state index contributed by atoms with van der Waals surface area (Å²) in [5.74, 6) is 1.29. The largest absolute Gasteiger partial charge is 0.508 e. The van der Waals surface area contributed by atoms with E-state index in [0.717, 1.165) is 6.42 Å². The molecule has 3 aromatic carbocycles. The van der Waals surface area contributed by atoms with E-state index in [0.29, 0.717) is 17.6 Å². The molecule has 0 radical (unpaired) electrons. The van der Waals surface area contributed by atoms with Crippen molar-refractivity contribution in [2.45, 2.75) is 18.4 Å². The number of hydrogen-bond acceptors (Lipinski definition) is 2. The van der Waals surface area contributed by atoms with E-state index in [9.17, 15) is 5.11 Å². The zero-order chi connectivity index (χ0) is 16.1. The summed E-state index contributed by atoms with van der Waals surface area (Å²) < 4.78 is 0. The van der Waals surface area contributed by atoms with Crippen molar-refractivity contribution in [2.24, 2.45) is 5.92 Å². The van der Waals surface area contributed by atoms with Crippen LogP contribution >= 0.6 is 0 Å². The summed E-state index contributed by atoms with van der Waals surface area (Å²) in [5.41, 5.74) is 3.91. The third-order valence-electron chi connectivity index (χ3n) is 5.51. The van der Waals surface area contributed by atoms with Crippen LogP contribution in [0, 0.1) is 5.92 Å². The lowest BCUT2D eigenvalue weighted by atomic mass is 9.75. The number of anilines is 1. The number of benzene rings is 3. The minimum atomic E-state index is 0.277. The molecule has 5 rings (SSSR count). The van der Waals surface area contributed by atoms with Crippen LogP contribution in [0.15, 0.2) is 72.8 Å². The Labute approximate surface area is 141 Å². The molecule has 0 fully saturated rings. The summed E-state index contributed by atoms with van der Waals surface area (Å²) in [6.07, 6.45) is 5.79. The zero-order valence-corrected chi connectivity index (χ0v) is 13.3. The number of allylic oxidation sites excluding steroid dienone is 2. The maximum absolute atomic E-state index is 9.59. The molecular formula is C22H19NO. The van der Waals surface area contributed by atoms with Gasteiger partial charge in [0.05, 0.1) is 6.04 Å². The van der Waals surface area contributed by atoms with Crippen LogP contribution in [-0.2, 0) is 0 Å². The van der Waals surface area contributed by atoms with Crippen LogP contribution < -0.4 is 5.32 Å². The fourth-order valence-electron chi connectivity index (χ4n) is 4.39. The number of phenolic OH excluding ortho intramolecular Hbond substituents is 1. The third-order valence-corrected chi connectivity index (χ3v) is 5.51. The summed E-state index contributed by atoms with van der Waals surface area (Å²) >= 11 is 0. The van der Waals surface area contributed by atoms with Gasteiger partial charge in [-0.2, -0.15) is 0 Å². The Morgan fingerprint density at radius 1 is 0.917 bits per heavy atom. The van der Waals surface area contributed by atoms with Crippen molar-refractivity contribution in [3.05, 3.63) is 83.9 Å². The quantitative estimate of drug-likeness (QED) is 0.592. The van der Waals surface area contributed by atoms with E-state index in [2.05, 4.69) is 53.9 Å². The van der Waals surface area contributed by atoms with Crippen LogP contribution in [0.3, 0.4) is 0 Å². The summed E-state index contributed by atoms with van der Waals surface area (Å²) in [6.45, 7) is 0. The Balaban J connectivity index is 1.67. The third kappa shape index (κ3) is 1.96. The SMILES string of the molecule is Oc1ccc([C@@H]2Nc3ccc4ccccc4c3[C@@H]3C=CC[C@@H]32)cc1. The molecule has 24 heavy (non-hydrogen) atoms. The summed E-state index contributed by atoms with van der Waals surface area (Å²) in [4.78, 5) is 0. The Bertz CT molecular complexity index is 942. The molecule has 1 aliphatic carbocycles. The first-order chi connectivity index (χ1) is 11.8. The number of phenols is 1. The molecule has 0 aromatic heterocycles. The smallest absolute Gasteiger partial charge is 0.115 e. The zero-order valence-electron chi connectivity index (χ0n) is 13.3. The number of fused-ring (bicyclic) bond motifs is 5. The van der Waals surface area contributed by atoms with Crippen molar-refractivity contribution in [1.29, 1.82) is 0 Å². The summed E-state index contributed by atoms with van der Waals surface area (Å²) in [5, 5.41) is 16.0. The van der Waals surface area contributed by atoms with Gasteiger partial charge in [-0.3, -0.25) is 0 Å². The second-order valence-corrected chi connectivity index (χ2v) is 6.81. The highest BCUT2D eigenvalue weighted by molar-refractivity contribution is 5.91. The number of hydrogen-bond donors (Lipinski definition) is 2. The highest BCUT2D eigenvalue weighted by Gasteiger charge is 2.38. The van der Waals surface area contributed by atoms with Crippen LogP contribution in [0.4, 0.5) is 5.69 Å². The van der Waals surface area contributed by atoms with Crippen LogP contribution in [0.5, 0.6) is 5.75 Å². The molecule has 1 aliphatic heterocycles. The second-order valence-electron chi connectivity index (χ2n) is 6.81. The van der Waals surface area contributed by atoms with Gasteiger partial charge in [-0.05, 0) is 52.4 Å². The van der Waals surface area contributed by atoms with E-state index in [4.69, 9.17) is 0 Å². The molecule has 3 atom stereocenters. The minimum Gasteiger partial charge on any atom is -0.508 e. The van der Waals surface area contributed by atoms with E-state index < -0.39 is 0 Å². The van der Waals surface area contributed by atoms with E-state index in [-0.39, 0.29) is 6.04 Å². The predicted octanol–water partition coefficient (Wildman–Crippen LogP) is 5.37. The number of nitrogens with one attached hydrogen (secondary N) is 1. The van der Waals surface area contributed by atoms with Crippen molar-refractivity contribution in [3.63, 3.8) is 0 Å². The summed E-state index contributed by atoms with van der Waals surface area (Å²) in [7, 11) is 0. The van der Waals surface area contributed by atoms with Crippen molar-refractivity contribution in [3.8, 4) is 5.75 Å². The van der Waals surface area contributed by atoms with E-state index in [1.165, 1.54) is 27.6 Å². The predicted molar refractivity (Wildman–Crippen MR) is 98.4 cm³/mol. The molecular weight excluding hydrogens is 294 g/mol. The Kier molecular flexibility index (Phi) is 2.93. The van der Waals surface area contributed by atoms with E-state index in [1.54, 1.807) is 12.1 Å². The van der Waals surface area contributed by atoms with Crippen LogP contribution in [-0.4, -0.2) is 5.11 Å². The van der Waals surface area contributed by atoms with Gasteiger partial charge in [0, 0.05) is 11.6 Å². The molecule has 2 nitrogen and oxygen atoms in total. The lowest BCUT2D eigenvalue weighted by Crippen LogP contribution is -2.29. The highest BCUT2D eigenvalue weighted by Crippen LogP contribution is 2.51. The highest BCUT2D eigenvalue weighted by atomic mass is 16.3. The van der Waals surface area contributed by atoms with Gasteiger partial charge in [-0.1, -0.05) is 54.6 Å². The van der Waals surface area contributed by atoms with Gasteiger partial charge in [0.2, 0.25) is 0 Å². The molecule has 1 heterocycles. The maximum Gasteiger partial charge on any atom is 0.115 e. The molecule has 0 amide bonds. The molecule has 118 valence electrons. The first kappa shape index (κ1) is 13.7. The topological polar surface area (TPSA) is 32.3 Å². The summed E-state index contributed by atoms with van der Waals surface area (Å²) in [6, 6.07) is 21.0. The van der Waals surface area contributed by atoms with Gasteiger partial charge in [-0.15, -0.1) is 0 Å². The van der Waals surface area contributed by atoms with Gasteiger partial charge < -0.3 is 10.4 Å². The van der Waals surface area contributed by atoms with Gasteiger partial charge in [0.25, 0.3) is 0 Å². The first-order valence-electron chi connectivity index (χ1n) is 8.55. The molecule has 0 spiro atoms. The van der Waals surface area contributed by atoms with E-state index >= 15 is 0 Å². The standard InChI is InChI=1S/C22H19NO/c24-16-11-8-15(9-12-16)22-19-7-3-6-18(19)21-17-5-2-1-4-14(17)10-13-20(21)23-22/h1-6,8-13,18-19,22-24H,7H2/t18-,19+,22+/m1/s1. The van der Waals surface area contributed by atoms with Gasteiger partial charge >= 0.3 is 0 Å². The van der Waals surface area contributed by atoms with E-state index in [1.807, 2.05) is 12.1 Å². The molecule has 2 heteroatoms. The Hall–Kier alpha value is -2.74. The second kappa shape index (κ2) is 5.13. The van der Waals surface area contributed by atoms with Gasteiger partial charge in [0.1, 0.15) is 5.75 Å². The average Bonchev–Trinajstić information content (AvgIpc) is 3.11. The fourth-order valence-corrected chi connectivity index (χ4v) is 4.39. The lowest BCUT2D eigenvalue weighted by molar-refractivity contribution is 0.426. The average molecular weight is 313 g/mol. The van der Waals surface area contributed by atoms with Crippen molar-refractivity contribution in [1.82, 2.24) is 0 Å². The minimum absolute atomic E-state index is 0.277. The maximum atomic E-state index is 9.59. The molecule has 0 saturated carbocycles. The number of rotatable bonds is 1. The molecule has 0 unspecified atom stereocenters. The molecule has 3 aromatic rings.